The van der Waals surface area contributed by atoms with Crippen LogP contribution in [0.1, 0.15) is 65.2 Å². The SMILES string of the molecule is CCCCCCOc1ccc2c3ccc(OCCCCCC)cc3c3cc(OC)c(O)cc3c2c1. The number of phenolic OH excluding ortho intramolecular Hbond substituents is 1. The molecule has 4 nitrogen and oxygen atoms in total. The second-order valence-electron chi connectivity index (χ2n) is 9.30. The summed E-state index contributed by atoms with van der Waals surface area (Å²) in [6, 6.07) is 16.3. The summed E-state index contributed by atoms with van der Waals surface area (Å²) >= 11 is 0. The molecule has 0 radical (unpaired) electrons. The minimum Gasteiger partial charge on any atom is -0.504 e. The van der Waals surface area contributed by atoms with Crippen LogP contribution in [0, 0.1) is 0 Å². The smallest absolute Gasteiger partial charge is 0.161 e. The molecule has 0 atom stereocenters. The van der Waals surface area contributed by atoms with Crippen molar-refractivity contribution >= 4 is 32.3 Å². The van der Waals surface area contributed by atoms with E-state index in [1.165, 1.54) is 38.5 Å². The lowest BCUT2D eigenvalue weighted by Gasteiger charge is -2.15. The van der Waals surface area contributed by atoms with Crippen molar-refractivity contribution in [3.8, 4) is 23.0 Å². The van der Waals surface area contributed by atoms with Gasteiger partial charge in [0.15, 0.2) is 11.5 Å². The Labute approximate surface area is 208 Å². The Hall–Kier alpha value is -3.14. The molecule has 186 valence electrons. The highest BCUT2D eigenvalue weighted by atomic mass is 16.5. The van der Waals surface area contributed by atoms with Crippen LogP contribution in [-0.2, 0) is 0 Å². The van der Waals surface area contributed by atoms with Crippen LogP contribution in [0.2, 0.25) is 0 Å². The van der Waals surface area contributed by atoms with Gasteiger partial charge >= 0.3 is 0 Å². The zero-order valence-electron chi connectivity index (χ0n) is 21.4. The topological polar surface area (TPSA) is 47.9 Å². The number of hydrogen-bond acceptors (Lipinski definition) is 4. The number of benzene rings is 4. The Morgan fingerprint density at radius 2 is 1.06 bits per heavy atom. The lowest BCUT2D eigenvalue weighted by molar-refractivity contribution is 0.305. The fraction of sp³-hybridized carbons (Fsp3) is 0.419. The number of methoxy groups -OCH3 is 1. The Balaban J connectivity index is 1.75. The third-order valence-corrected chi connectivity index (χ3v) is 6.70. The zero-order chi connectivity index (χ0) is 24.6. The number of hydrogen-bond donors (Lipinski definition) is 1. The van der Waals surface area contributed by atoms with Crippen molar-refractivity contribution in [2.45, 2.75) is 65.2 Å². The van der Waals surface area contributed by atoms with Gasteiger partial charge in [0.25, 0.3) is 0 Å². The standard InChI is InChI=1S/C31H38O4/c1-4-6-8-10-16-34-22-12-14-24-25-15-13-23(35-17-11-9-7-5-2)19-27(25)29-21-31(33-3)30(32)20-28(29)26(24)18-22/h12-15,18-21,32H,4-11,16-17H2,1-3H3. The fourth-order valence-corrected chi connectivity index (χ4v) is 4.76. The van der Waals surface area contributed by atoms with Crippen LogP contribution in [-0.4, -0.2) is 25.4 Å². The first-order valence-corrected chi connectivity index (χ1v) is 13.1. The van der Waals surface area contributed by atoms with Crippen molar-refractivity contribution in [3.05, 3.63) is 48.5 Å². The fourth-order valence-electron chi connectivity index (χ4n) is 4.76. The lowest BCUT2D eigenvalue weighted by atomic mass is 9.93. The van der Waals surface area contributed by atoms with Gasteiger partial charge in [0, 0.05) is 0 Å². The summed E-state index contributed by atoms with van der Waals surface area (Å²) in [6.07, 6.45) is 9.42. The van der Waals surface area contributed by atoms with Crippen LogP contribution < -0.4 is 14.2 Å². The highest BCUT2D eigenvalue weighted by molar-refractivity contribution is 6.26. The van der Waals surface area contributed by atoms with Crippen LogP contribution in [0.5, 0.6) is 23.0 Å². The number of unbranched alkanes of at least 4 members (excludes halogenated alkanes) is 6. The molecule has 4 heteroatoms. The summed E-state index contributed by atoms with van der Waals surface area (Å²) < 4.78 is 17.6. The third kappa shape index (κ3) is 5.75. The van der Waals surface area contributed by atoms with E-state index in [1.54, 1.807) is 13.2 Å². The third-order valence-electron chi connectivity index (χ3n) is 6.70. The number of ether oxygens (including phenoxy) is 3. The van der Waals surface area contributed by atoms with Gasteiger partial charge in [0.2, 0.25) is 0 Å². The minimum atomic E-state index is 0.134. The predicted molar refractivity (Wildman–Crippen MR) is 146 cm³/mol. The molecule has 0 spiro atoms. The molecular weight excluding hydrogens is 436 g/mol. The van der Waals surface area contributed by atoms with E-state index in [0.29, 0.717) is 5.75 Å². The van der Waals surface area contributed by atoms with Crippen LogP contribution in [0.25, 0.3) is 32.3 Å². The van der Waals surface area contributed by atoms with Crippen molar-refractivity contribution in [2.24, 2.45) is 0 Å². The van der Waals surface area contributed by atoms with Gasteiger partial charge in [-0.3, -0.25) is 0 Å². The van der Waals surface area contributed by atoms with E-state index in [-0.39, 0.29) is 5.75 Å². The largest absolute Gasteiger partial charge is 0.504 e. The quantitative estimate of drug-likeness (QED) is 0.155. The number of fused-ring (bicyclic) bond motifs is 6. The Kier molecular flexibility index (Phi) is 8.57. The zero-order valence-corrected chi connectivity index (χ0v) is 21.4. The van der Waals surface area contributed by atoms with Crippen LogP contribution in [0.15, 0.2) is 48.5 Å². The van der Waals surface area contributed by atoms with Gasteiger partial charge in [-0.2, -0.15) is 0 Å². The van der Waals surface area contributed by atoms with E-state index in [9.17, 15) is 5.11 Å². The van der Waals surface area contributed by atoms with Gasteiger partial charge in [0.05, 0.1) is 20.3 Å². The molecule has 0 amide bonds. The molecule has 0 bridgehead atoms. The van der Waals surface area contributed by atoms with Crippen molar-refractivity contribution in [1.82, 2.24) is 0 Å². The van der Waals surface area contributed by atoms with E-state index in [2.05, 4.69) is 50.2 Å². The van der Waals surface area contributed by atoms with Gasteiger partial charge < -0.3 is 19.3 Å². The molecule has 4 aromatic carbocycles. The molecule has 4 rings (SSSR count). The maximum Gasteiger partial charge on any atom is 0.161 e. The Bertz CT molecular complexity index is 1280. The predicted octanol–water partition coefficient (Wildman–Crippen LogP) is 8.78. The molecule has 0 heterocycles. The van der Waals surface area contributed by atoms with Gasteiger partial charge in [-0.05, 0) is 81.6 Å². The molecule has 0 aliphatic heterocycles. The van der Waals surface area contributed by atoms with E-state index < -0.39 is 0 Å². The van der Waals surface area contributed by atoms with Gasteiger partial charge in [0.1, 0.15) is 11.5 Å². The maximum atomic E-state index is 10.6. The van der Waals surface area contributed by atoms with Crippen molar-refractivity contribution in [1.29, 1.82) is 0 Å². The van der Waals surface area contributed by atoms with Crippen LogP contribution >= 0.6 is 0 Å². The summed E-state index contributed by atoms with van der Waals surface area (Å²) in [5.41, 5.74) is 0. The number of rotatable bonds is 13. The molecule has 0 aliphatic carbocycles. The molecule has 0 aliphatic rings. The van der Waals surface area contributed by atoms with Crippen LogP contribution in [0.4, 0.5) is 0 Å². The second kappa shape index (κ2) is 12.0. The highest BCUT2D eigenvalue weighted by Crippen LogP contribution is 2.42. The van der Waals surface area contributed by atoms with Gasteiger partial charge in [-0.15, -0.1) is 0 Å². The van der Waals surface area contributed by atoms with E-state index in [4.69, 9.17) is 14.2 Å². The van der Waals surface area contributed by atoms with E-state index in [0.717, 1.165) is 69.9 Å². The molecule has 4 aromatic rings. The first-order chi connectivity index (χ1) is 17.2. The molecule has 0 saturated carbocycles. The van der Waals surface area contributed by atoms with Crippen molar-refractivity contribution in [3.63, 3.8) is 0 Å². The van der Waals surface area contributed by atoms with E-state index >= 15 is 0 Å². The molecule has 0 saturated heterocycles. The summed E-state index contributed by atoms with van der Waals surface area (Å²) in [5, 5.41) is 17.0. The van der Waals surface area contributed by atoms with E-state index in [1.807, 2.05) is 6.07 Å². The van der Waals surface area contributed by atoms with Gasteiger partial charge in [-0.25, -0.2) is 0 Å². The van der Waals surface area contributed by atoms with Gasteiger partial charge in [-0.1, -0.05) is 64.5 Å². The normalized spacial score (nSPS) is 11.4. The highest BCUT2D eigenvalue weighted by Gasteiger charge is 2.14. The average molecular weight is 475 g/mol. The maximum absolute atomic E-state index is 10.6. The molecule has 0 unspecified atom stereocenters. The second-order valence-corrected chi connectivity index (χ2v) is 9.30. The number of aromatic hydroxyl groups is 1. The first kappa shape index (κ1) is 25.0. The molecule has 1 N–H and O–H groups in total. The summed E-state index contributed by atoms with van der Waals surface area (Å²) in [6.45, 7) is 5.87. The summed E-state index contributed by atoms with van der Waals surface area (Å²) in [7, 11) is 1.58. The number of phenols is 1. The van der Waals surface area contributed by atoms with Crippen molar-refractivity contribution < 1.29 is 19.3 Å². The Morgan fingerprint density at radius 1 is 0.571 bits per heavy atom. The average Bonchev–Trinajstić information content (AvgIpc) is 2.88. The van der Waals surface area contributed by atoms with Crippen molar-refractivity contribution in [2.75, 3.05) is 20.3 Å². The van der Waals surface area contributed by atoms with Crippen LogP contribution in [0.3, 0.4) is 0 Å². The first-order valence-electron chi connectivity index (χ1n) is 13.1. The molecular formula is C31H38O4. The molecule has 0 aromatic heterocycles. The Morgan fingerprint density at radius 3 is 1.54 bits per heavy atom. The molecule has 0 fully saturated rings. The monoisotopic (exact) mass is 474 g/mol. The summed E-state index contributed by atoms with van der Waals surface area (Å²) in [4.78, 5) is 0. The molecule has 35 heavy (non-hydrogen) atoms. The lowest BCUT2D eigenvalue weighted by Crippen LogP contribution is -1.98. The summed E-state index contributed by atoms with van der Waals surface area (Å²) in [5.74, 6) is 2.33. The minimum absolute atomic E-state index is 0.134.